The molecule has 10 heteroatoms. The number of nitrogens with zero attached hydrogens (tertiary/aromatic N) is 2. The standard InChI is InChI=1S/C30H36FN3O5S/c1-4-6-20-32-30(36)28(5-2)33(21-23-12-14-24(31)15-13-23)29(35)22-34(40(3,37)38)25-16-18-27(19-17-25)39-26-10-8-7-9-11-26/h7-19,28H,4-6,20-22H2,1-3H3,(H,32,36). The number of anilines is 1. The maximum absolute atomic E-state index is 13.7. The Kier molecular flexibility index (Phi) is 11.1. The number of halogens is 1. The van der Waals surface area contributed by atoms with Crippen LogP contribution in [-0.2, 0) is 26.2 Å². The third-order valence-corrected chi connectivity index (χ3v) is 7.41. The summed E-state index contributed by atoms with van der Waals surface area (Å²) >= 11 is 0. The molecule has 214 valence electrons. The molecule has 0 aliphatic heterocycles. The Balaban J connectivity index is 1.87. The Morgan fingerprint density at radius 3 is 2.12 bits per heavy atom. The molecule has 1 unspecified atom stereocenters. The number of amides is 2. The van der Waals surface area contributed by atoms with Gasteiger partial charge in [0.05, 0.1) is 11.9 Å². The molecule has 0 aliphatic carbocycles. The van der Waals surface area contributed by atoms with Gasteiger partial charge in [-0.05, 0) is 66.9 Å². The Hall–Kier alpha value is -3.92. The minimum Gasteiger partial charge on any atom is -0.457 e. The molecule has 1 atom stereocenters. The van der Waals surface area contributed by atoms with Gasteiger partial charge in [-0.25, -0.2) is 12.8 Å². The number of carbonyl (C=O) groups is 2. The maximum atomic E-state index is 13.7. The van der Waals surface area contributed by atoms with E-state index in [4.69, 9.17) is 4.74 Å². The number of ether oxygens (including phenoxy) is 1. The van der Waals surface area contributed by atoms with Gasteiger partial charge in [-0.3, -0.25) is 13.9 Å². The van der Waals surface area contributed by atoms with E-state index < -0.39 is 34.3 Å². The highest BCUT2D eigenvalue weighted by atomic mass is 32.2. The fraction of sp³-hybridized carbons (Fsp3) is 0.333. The topological polar surface area (TPSA) is 96.0 Å². The summed E-state index contributed by atoms with van der Waals surface area (Å²) in [6.45, 7) is 3.76. The number of rotatable bonds is 14. The van der Waals surface area contributed by atoms with Crippen LogP contribution in [0.2, 0.25) is 0 Å². The van der Waals surface area contributed by atoms with Gasteiger partial charge in [-0.2, -0.15) is 0 Å². The van der Waals surface area contributed by atoms with Gasteiger partial charge < -0.3 is 15.0 Å². The molecule has 3 aromatic rings. The fourth-order valence-electron chi connectivity index (χ4n) is 4.13. The van der Waals surface area contributed by atoms with Crippen molar-refractivity contribution in [3.63, 3.8) is 0 Å². The van der Waals surface area contributed by atoms with Crippen LogP contribution in [0.15, 0.2) is 78.9 Å². The number of nitrogens with one attached hydrogen (secondary N) is 1. The van der Waals surface area contributed by atoms with Crippen LogP contribution in [0.1, 0.15) is 38.7 Å². The van der Waals surface area contributed by atoms with Gasteiger partial charge in [0, 0.05) is 13.1 Å². The quantitative estimate of drug-likeness (QED) is 0.272. The van der Waals surface area contributed by atoms with Crippen molar-refractivity contribution in [2.75, 3.05) is 23.7 Å². The van der Waals surface area contributed by atoms with Gasteiger partial charge in [0.15, 0.2) is 0 Å². The monoisotopic (exact) mass is 569 g/mol. The van der Waals surface area contributed by atoms with Crippen LogP contribution in [0.4, 0.5) is 10.1 Å². The molecule has 8 nitrogen and oxygen atoms in total. The van der Waals surface area contributed by atoms with Crippen LogP contribution in [0.5, 0.6) is 11.5 Å². The first-order valence-electron chi connectivity index (χ1n) is 13.2. The van der Waals surface area contributed by atoms with Gasteiger partial charge in [-0.1, -0.05) is 50.6 Å². The molecule has 0 fully saturated rings. The van der Waals surface area contributed by atoms with Crippen molar-refractivity contribution < 1.29 is 27.1 Å². The second kappa shape index (κ2) is 14.5. The molecule has 0 heterocycles. The first-order chi connectivity index (χ1) is 19.1. The third-order valence-electron chi connectivity index (χ3n) is 6.26. The summed E-state index contributed by atoms with van der Waals surface area (Å²) in [5, 5.41) is 2.87. The average Bonchev–Trinajstić information content (AvgIpc) is 2.93. The molecule has 0 saturated heterocycles. The number of unbranched alkanes of at least 4 members (excludes halogenated alkanes) is 1. The molecule has 0 spiro atoms. The molecule has 0 bridgehead atoms. The third kappa shape index (κ3) is 8.81. The Bertz CT molecular complexity index is 1350. The van der Waals surface area contributed by atoms with Crippen LogP contribution < -0.4 is 14.4 Å². The molecule has 0 saturated carbocycles. The van der Waals surface area contributed by atoms with Crippen LogP contribution in [0.25, 0.3) is 0 Å². The number of hydrogen-bond acceptors (Lipinski definition) is 5. The van der Waals surface area contributed by atoms with E-state index in [0.29, 0.717) is 30.0 Å². The Morgan fingerprint density at radius 1 is 0.925 bits per heavy atom. The summed E-state index contributed by atoms with van der Waals surface area (Å²) in [7, 11) is -3.87. The molecular weight excluding hydrogens is 533 g/mol. The number of benzene rings is 3. The van der Waals surface area contributed by atoms with Crippen molar-refractivity contribution in [1.82, 2.24) is 10.2 Å². The lowest BCUT2D eigenvalue weighted by molar-refractivity contribution is -0.140. The minimum atomic E-state index is -3.87. The van der Waals surface area contributed by atoms with E-state index in [1.165, 1.54) is 29.2 Å². The van der Waals surface area contributed by atoms with Crippen LogP contribution >= 0.6 is 0 Å². The smallest absolute Gasteiger partial charge is 0.244 e. The molecule has 3 rings (SSSR count). The second-order valence-corrected chi connectivity index (χ2v) is 11.3. The molecule has 0 aromatic heterocycles. The van der Waals surface area contributed by atoms with E-state index in [2.05, 4.69) is 5.32 Å². The van der Waals surface area contributed by atoms with Crippen LogP contribution in [-0.4, -0.2) is 50.5 Å². The molecule has 1 N–H and O–H groups in total. The Morgan fingerprint density at radius 2 is 1.55 bits per heavy atom. The van der Waals surface area contributed by atoms with Crippen molar-refractivity contribution in [2.24, 2.45) is 0 Å². The van der Waals surface area contributed by atoms with Crippen molar-refractivity contribution in [2.45, 2.75) is 45.7 Å². The van der Waals surface area contributed by atoms with Crippen LogP contribution in [0.3, 0.4) is 0 Å². The largest absolute Gasteiger partial charge is 0.457 e. The molecule has 0 aliphatic rings. The highest BCUT2D eigenvalue weighted by molar-refractivity contribution is 7.92. The minimum absolute atomic E-state index is 0.0142. The van der Waals surface area contributed by atoms with Crippen molar-refractivity contribution in [1.29, 1.82) is 0 Å². The molecular formula is C30H36FN3O5S. The first kappa shape index (κ1) is 30.6. The van der Waals surface area contributed by atoms with Crippen LogP contribution in [0, 0.1) is 5.82 Å². The lowest BCUT2D eigenvalue weighted by atomic mass is 10.1. The Labute approximate surface area is 235 Å². The highest BCUT2D eigenvalue weighted by Gasteiger charge is 2.31. The number of sulfonamides is 1. The summed E-state index contributed by atoms with van der Waals surface area (Å²) in [6, 6.07) is 20.3. The molecule has 2 amide bonds. The van der Waals surface area contributed by atoms with E-state index in [1.54, 1.807) is 43.3 Å². The summed E-state index contributed by atoms with van der Waals surface area (Å²) in [5.74, 6) is -0.169. The fourth-order valence-corrected chi connectivity index (χ4v) is 4.98. The van der Waals surface area contributed by atoms with Gasteiger partial charge in [-0.15, -0.1) is 0 Å². The van der Waals surface area contributed by atoms with Crippen molar-refractivity contribution in [3.05, 3.63) is 90.2 Å². The normalized spacial score (nSPS) is 11.9. The number of hydrogen-bond donors (Lipinski definition) is 1. The van der Waals surface area contributed by atoms with E-state index in [9.17, 15) is 22.4 Å². The van der Waals surface area contributed by atoms with Crippen molar-refractivity contribution in [3.8, 4) is 11.5 Å². The SMILES string of the molecule is CCCCNC(=O)C(CC)N(Cc1ccc(F)cc1)C(=O)CN(c1ccc(Oc2ccccc2)cc1)S(C)(=O)=O. The lowest BCUT2D eigenvalue weighted by Gasteiger charge is -2.33. The molecule has 40 heavy (non-hydrogen) atoms. The predicted molar refractivity (Wildman–Crippen MR) is 154 cm³/mol. The zero-order valence-corrected chi connectivity index (χ0v) is 23.9. The highest BCUT2D eigenvalue weighted by Crippen LogP contribution is 2.26. The zero-order valence-electron chi connectivity index (χ0n) is 23.0. The predicted octanol–water partition coefficient (Wildman–Crippen LogP) is 5.11. The average molecular weight is 570 g/mol. The maximum Gasteiger partial charge on any atom is 0.244 e. The molecule has 0 radical (unpaired) electrons. The molecule has 3 aromatic carbocycles. The second-order valence-electron chi connectivity index (χ2n) is 9.40. The first-order valence-corrected chi connectivity index (χ1v) is 15.1. The van der Waals surface area contributed by atoms with Gasteiger partial charge in [0.2, 0.25) is 21.8 Å². The summed E-state index contributed by atoms with van der Waals surface area (Å²) in [4.78, 5) is 28.2. The van der Waals surface area contributed by atoms with Gasteiger partial charge in [0.1, 0.15) is 29.9 Å². The summed E-state index contributed by atoms with van der Waals surface area (Å²) in [6.07, 6.45) is 3.02. The number of para-hydroxylation sites is 1. The van der Waals surface area contributed by atoms with Gasteiger partial charge in [0.25, 0.3) is 0 Å². The summed E-state index contributed by atoms with van der Waals surface area (Å²) in [5.41, 5.74) is 0.890. The van der Waals surface area contributed by atoms with E-state index in [-0.39, 0.29) is 18.1 Å². The van der Waals surface area contributed by atoms with Crippen molar-refractivity contribution >= 4 is 27.5 Å². The van der Waals surface area contributed by atoms with Gasteiger partial charge >= 0.3 is 0 Å². The number of carbonyl (C=O) groups excluding carboxylic acids is 2. The summed E-state index contributed by atoms with van der Waals surface area (Å²) < 4.78 is 45.9. The van der Waals surface area contributed by atoms with E-state index >= 15 is 0 Å². The van der Waals surface area contributed by atoms with E-state index in [1.807, 2.05) is 25.1 Å². The lowest BCUT2D eigenvalue weighted by Crippen LogP contribution is -2.52. The van der Waals surface area contributed by atoms with E-state index in [0.717, 1.165) is 23.4 Å². The zero-order chi connectivity index (χ0) is 29.1.